The summed E-state index contributed by atoms with van der Waals surface area (Å²) in [5, 5.41) is 10.5. The third kappa shape index (κ3) is 3.58. The highest BCUT2D eigenvalue weighted by atomic mass is 16.2. The molecule has 2 N–H and O–H groups in total. The van der Waals surface area contributed by atoms with Gasteiger partial charge in [-0.2, -0.15) is 5.10 Å². The van der Waals surface area contributed by atoms with E-state index in [2.05, 4.69) is 34.4 Å². The molecule has 0 radical (unpaired) electrons. The fourth-order valence-corrected chi connectivity index (χ4v) is 3.57. The molecule has 1 aliphatic rings. The molecular weight excluding hydrogens is 330 g/mol. The van der Waals surface area contributed by atoms with Crippen LogP contribution < -0.4 is 5.32 Å². The van der Waals surface area contributed by atoms with E-state index < -0.39 is 6.04 Å². The molecule has 3 atom stereocenters. The number of hydrogen-bond donors (Lipinski definition) is 2. The van der Waals surface area contributed by atoms with Gasteiger partial charge in [0, 0.05) is 31.1 Å². The largest absolute Gasteiger partial charge is 0.341 e. The van der Waals surface area contributed by atoms with E-state index in [1.165, 1.54) is 0 Å². The van der Waals surface area contributed by atoms with Gasteiger partial charge in [0.1, 0.15) is 6.04 Å². The molecule has 0 spiro atoms. The molecule has 1 fully saturated rings. The second-order valence-electron chi connectivity index (χ2n) is 7.27. The van der Waals surface area contributed by atoms with Crippen molar-refractivity contribution in [3.8, 4) is 0 Å². The molecule has 0 bridgehead atoms. The summed E-state index contributed by atoms with van der Waals surface area (Å²) in [6.45, 7) is 4.88. The van der Waals surface area contributed by atoms with Crippen LogP contribution in [0.3, 0.4) is 0 Å². The SMILES string of the molecule is CC(NC(=O)c1n[nH]c2ccccc12)C(=O)N(C)C1CCN(C)C(C)C1. The fourth-order valence-electron chi connectivity index (χ4n) is 3.57. The maximum absolute atomic E-state index is 12.8. The summed E-state index contributed by atoms with van der Waals surface area (Å²) < 4.78 is 0. The maximum Gasteiger partial charge on any atom is 0.273 e. The van der Waals surface area contributed by atoms with Crippen molar-refractivity contribution in [3.05, 3.63) is 30.0 Å². The lowest BCUT2D eigenvalue weighted by Crippen LogP contribution is -2.53. The average Bonchev–Trinajstić information content (AvgIpc) is 3.07. The molecule has 7 nitrogen and oxygen atoms in total. The molecule has 2 aromatic rings. The van der Waals surface area contributed by atoms with Crippen LogP contribution in [0.2, 0.25) is 0 Å². The van der Waals surface area contributed by atoms with Gasteiger partial charge in [-0.05, 0) is 39.8 Å². The summed E-state index contributed by atoms with van der Waals surface area (Å²) in [4.78, 5) is 29.4. The fraction of sp³-hybridized carbons (Fsp3) is 0.526. The Kier molecular flexibility index (Phi) is 5.27. The van der Waals surface area contributed by atoms with Crippen molar-refractivity contribution in [3.63, 3.8) is 0 Å². The van der Waals surface area contributed by atoms with Crippen LogP contribution in [0.5, 0.6) is 0 Å². The van der Waals surface area contributed by atoms with Gasteiger partial charge in [-0.3, -0.25) is 14.7 Å². The minimum Gasteiger partial charge on any atom is -0.341 e. The third-order valence-electron chi connectivity index (χ3n) is 5.48. The van der Waals surface area contributed by atoms with Gasteiger partial charge in [-0.1, -0.05) is 18.2 Å². The van der Waals surface area contributed by atoms with Crippen molar-refractivity contribution in [2.75, 3.05) is 20.6 Å². The summed E-state index contributed by atoms with van der Waals surface area (Å²) in [6.07, 6.45) is 1.90. The smallest absolute Gasteiger partial charge is 0.273 e. The normalized spacial score (nSPS) is 22.2. The highest BCUT2D eigenvalue weighted by molar-refractivity contribution is 6.05. The molecule has 1 saturated heterocycles. The molecule has 1 aromatic carbocycles. The van der Waals surface area contributed by atoms with Crippen LogP contribution in [0.4, 0.5) is 0 Å². The van der Waals surface area contributed by atoms with E-state index in [0.717, 1.165) is 30.3 Å². The molecule has 1 aromatic heterocycles. The van der Waals surface area contributed by atoms with Crippen LogP contribution in [-0.2, 0) is 4.79 Å². The number of aromatic nitrogens is 2. The van der Waals surface area contributed by atoms with Gasteiger partial charge in [-0.15, -0.1) is 0 Å². The van der Waals surface area contributed by atoms with Gasteiger partial charge in [0.25, 0.3) is 5.91 Å². The number of rotatable bonds is 4. The van der Waals surface area contributed by atoms with Crippen LogP contribution in [0.15, 0.2) is 24.3 Å². The number of benzene rings is 1. The zero-order chi connectivity index (χ0) is 18.8. The number of fused-ring (bicyclic) bond motifs is 1. The summed E-state index contributed by atoms with van der Waals surface area (Å²) >= 11 is 0. The van der Waals surface area contributed by atoms with Gasteiger partial charge in [-0.25, -0.2) is 0 Å². The number of piperidine rings is 1. The van der Waals surface area contributed by atoms with Crippen LogP contribution in [0.1, 0.15) is 37.2 Å². The molecule has 3 unspecified atom stereocenters. The molecule has 0 saturated carbocycles. The van der Waals surface area contributed by atoms with Crippen molar-refractivity contribution in [2.45, 2.75) is 44.8 Å². The Morgan fingerprint density at radius 1 is 1.38 bits per heavy atom. The van der Waals surface area contributed by atoms with Crippen molar-refractivity contribution in [2.24, 2.45) is 0 Å². The standard InChI is InChI=1S/C19H27N5O2/c1-12-11-14(9-10-23(12)3)24(4)19(26)13(2)20-18(25)17-15-7-5-6-8-16(15)21-22-17/h5-8,12-14H,9-11H2,1-4H3,(H,20,25)(H,21,22). The van der Waals surface area contributed by atoms with E-state index in [9.17, 15) is 9.59 Å². The molecule has 1 aliphatic heterocycles. The second-order valence-corrected chi connectivity index (χ2v) is 7.27. The molecule has 140 valence electrons. The van der Waals surface area contributed by atoms with Crippen LogP contribution in [0.25, 0.3) is 10.9 Å². The summed E-state index contributed by atoms with van der Waals surface area (Å²) in [5.41, 5.74) is 1.12. The Balaban J connectivity index is 1.64. The number of amides is 2. The van der Waals surface area contributed by atoms with E-state index >= 15 is 0 Å². The molecule has 7 heteroatoms. The topological polar surface area (TPSA) is 81.3 Å². The van der Waals surface area contributed by atoms with E-state index in [-0.39, 0.29) is 17.9 Å². The number of carbonyl (C=O) groups excluding carboxylic acids is 2. The lowest BCUT2D eigenvalue weighted by atomic mass is 9.97. The number of para-hydroxylation sites is 1. The van der Waals surface area contributed by atoms with E-state index in [1.54, 1.807) is 11.8 Å². The molecule has 3 rings (SSSR count). The lowest BCUT2D eigenvalue weighted by molar-refractivity contribution is -0.134. The Bertz CT molecular complexity index is 802. The predicted octanol–water partition coefficient (Wildman–Crippen LogP) is 1.62. The first-order valence-corrected chi connectivity index (χ1v) is 9.09. The number of carbonyl (C=O) groups is 2. The number of H-pyrrole nitrogens is 1. The third-order valence-corrected chi connectivity index (χ3v) is 5.48. The molecule has 0 aliphatic carbocycles. The molecule has 26 heavy (non-hydrogen) atoms. The first-order chi connectivity index (χ1) is 12.4. The van der Waals surface area contributed by atoms with Crippen molar-refractivity contribution in [1.29, 1.82) is 0 Å². The second kappa shape index (κ2) is 7.45. The number of nitrogens with one attached hydrogen (secondary N) is 2. The van der Waals surface area contributed by atoms with Gasteiger partial charge >= 0.3 is 0 Å². The quantitative estimate of drug-likeness (QED) is 0.871. The van der Waals surface area contributed by atoms with Gasteiger partial charge in [0.2, 0.25) is 5.91 Å². The molecule has 2 amide bonds. The first kappa shape index (κ1) is 18.4. The number of likely N-dealkylation sites (tertiary alicyclic amines) is 1. The number of nitrogens with zero attached hydrogens (tertiary/aromatic N) is 3. The van der Waals surface area contributed by atoms with Gasteiger partial charge in [0.15, 0.2) is 5.69 Å². The first-order valence-electron chi connectivity index (χ1n) is 9.09. The Morgan fingerprint density at radius 3 is 2.85 bits per heavy atom. The minimum absolute atomic E-state index is 0.0695. The highest BCUT2D eigenvalue weighted by Gasteiger charge is 2.30. The molecular formula is C19H27N5O2. The summed E-state index contributed by atoms with van der Waals surface area (Å²) in [6, 6.07) is 7.50. The Morgan fingerprint density at radius 2 is 2.12 bits per heavy atom. The zero-order valence-corrected chi connectivity index (χ0v) is 15.8. The van der Waals surface area contributed by atoms with Crippen LogP contribution >= 0.6 is 0 Å². The maximum atomic E-state index is 12.8. The predicted molar refractivity (Wildman–Crippen MR) is 101 cm³/mol. The highest BCUT2D eigenvalue weighted by Crippen LogP contribution is 2.20. The minimum atomic E-state index is -0.599. The van der Waals surface area contributed by atoms with Crippen molar-refractivity contribution in [1.82, 2.24) is 25.3 Å². The van der Waals surface area contributed by atoms with Gasteiger partial charge in [0.05, 0.1) is 5.52 Å². The van der Waals surface area contributed by atoms with E-state index in [0.29, 0.717) is 11.7 Å². The summed E-state index contributed by atoms with van der Waals surface area (Å²) in [7, 11) is 3.94. The zero-order valence-electron chi connectivity index (χ0n) is 15.8. The number of aromatic amines is 1. The van der Waals surface area contributed by atoms with Crippen LogP contribution in [-0.4, -0.2) is 70.6 Å². The van der Waals surface area contributed by atoms with Crippen molar-refractivity contribution >= 4 is 22.7 Å². The monoisotopic (exact) mass is 357 g/mol. The average molecular weight is 357 g/mol. The number of likely N-dealkylation sites (N-methyl/N-ethyl adjacent to an activating group) is 1. The Hall–Kier alpha value is -2.41. The van der Waals surface area contributed by atoms with E-state index in [1.807, 2.05) is 31.3 Å². The van der Waals surface area contributed by atoms with Gasteiger partial charge < -0.3 is 15.1 Å². The van der Waals surface area contributed by atoms with E-state index in [4.69, 9.17) is 0 Å². The number of hydrogen-bond acceptors (Lipinski definition) is 4. The van der Waals surface area contributed by atoms with Crippen LogP contribution in [0, 0.1) is 0 Å². The Labute approximate surface area is 153 Å². The summed E-state index contributed by atoms with van der Waals surface area (Å²) in [5.74, 6) is -0.409. The van der Waals surface area contributed by atoms with Crippen molar-refractivity contribution < 1.29 is 9.59 Å². The molecule has 2 heterocycles. The lowest BCUT2D eigenvalue weighted by Gasteiger charge is -2.40.